The normalized spacial score (nSPS) is 13.6. The van der Waals surface area contributed by atoms with E-state index in [9.17, 15) is 0 Å². The molecule has 2 N–H and O–H groups in total. The van der Waals surface area contributed by atoms with E-state index >= 15 is 0 Å². The molecule has 1 aromatic carbocycles. The number of benzene rings is 1. The van der Waals surface area contributed by atoms with E-state index in [2.05, 4.69) is 63.0 Å². The number of nitrogens with one attached hydrogen (secondary N) is 2. The highest BCUT2D eigenvalue weighted by Crippen LogP contribution is 2.28. The van der Waals surface area contributed by atoms with E-state index in [-0.39, 0.29) is 0 Å². The summed E-state index contributed by atoms with van der Waals surface area (Å²) in [6, 6.07) is 17.8. The molecule has 1 aromatic heterocycles. The van der Waals surface area contributed by atoms with Crippen molar-refractivity contribution < 1.29 is 0 Å². The lowest BCUT2D eigenvalue weighted by Crippen LogP contribution is -2.27. The molecule has 0 amide bonds. The van der Waals surface area contributed by atoms with Gasteiger partial charge in [-0.1, -0.05) is 30.3 Å². The van der Waals surface area contributed by atoms with Crippen LogP contribution < -0.4 is 10.6 Å². The largest absolute Gasteiger partial charge is 0.311 e. The van der Waals surface area contributed by atoms with Crippen LogP contribution in [0.2, 0.25) is 0 Å². The molecular formula is C23H31N5. The molecule has 1 aliphatic rings. The van der Waals surface area contributed by atoms with Gasteiger partial charge in [0.25, 0.3) is 0 Å². The molecule has 1 saturated carbocycles. The number of hydrogen-bond donors (Lipinski definition) is 2. The topological polar surface area (TPSA) is 64.0 Å². The van der Waals surface area contributed by atoms with Gasteiger partial charge in [0.05, 0.1) is 18.3 Å². The Morgan fingerprint density at radius 2 is 1.89 bits per heavy atom. The number of pyridine rings is 1. The summed E-state index contributed by atoms with van der Waals surface area (Å²) >= 11 is 0. The van der Waals surface area contributed by atoms with Crippen molar-refractivity contribution >= 4 is 0 Å². The second-order valence-electron chi connectivity index (χ2n) is 7.49. The van der Waals surface area contributed by atoms with Crippen LogP contribution >= 0.6 is 0 Å². The van der Waals surface area contributed by atoms with Crippen molar-refractivity contribution in [3.63, 3.8) is 0 Å². The summed E-state index contributed by atoms with van der Waals surface area (Å²) in [5.74, 6) is 0. The van der Waals surface area contributed by atoms with E-state index in [0.717, 1.165) is 31.4 Å². The zero-order valence-electron chi connectivity index (χ0n) is 16.6. The Bertz CT molecular complexity index is 736. The molecule has 0 spiro atoms. The Balaban J connectivity index is 1.31. The number of nitriles is 1. The Morgan fingerprint density at radius 1 is 1.04 bits per heavy atom. The summed E-state index contributed by atoms with van der Waals surface area (Å²) in [6.07, 6.45) is 6.97. The van der Waals surface area contributed by atoms with Crippen LogP contribution in [-0.2, 0) is 19.6 Å². The molecule has 0 unspecified atom stereocenters. The number of nitrogens with zero attached hydrogens (tertiary/aromatic N) is 3. The molecule has 1 fully saturated rings. The lowest BCUT2D eigenvalue weighted by Gasteiger charge is -2.22. The Labute approximate surface area is 168 Å². The maximum absolute atomic E-state index is 8.59. The van der Waals surface area contributed by atoms with Gasteiger partial charge in [0.2, 0.25) is 0 Å². The van der Waals surface area contributed by atoms with Crippen molar-refractivity contribution in [2.75, 3.05) is 19.6 Å². The zero-order valence-corrected chi connectivity index (χ0v) is 16.6. The summed E-state index contributed by atoms with van der Waals surface area (Å²) < 4.78 is 0. The molecule has 0 aliphatic heterocycles. The highest BCUT2D eigenvalue weighted by atomic mass is 15.2. The molecule has 3 rings (SSSR count). The summed E-state index contributed by atoms with van der Waals surface area (Å²) in [4.78, 5) is 7.08. The molecule has 0 atom stereocenters. The predicted octanol–water partition coefficient (Wildman–Crippen LogP) is 3.23. The first kappa shape index (κ1) is 20.5. The first-order valence-corrected chi connectivity index (χ1v) is 10.4. The van der Waals surface area contributed by atoms with E-state index in [1.54, 1.807) is 0 Å². The van der Waals surface area contributed by atoms with Crippen LogP contribution in [0.15, 0.2) is 48.7 Å². The third-order valence-electron chi connectivity index (χ3n) is 5.06. The van der Waals surface area contributed by atoms with Gasteiger partial charge in [-0.2, -0.15) is 5.26 Å². The highest BCUT2D eigenvalue weighted by Gasteiger charge is 2.28. The summed E-state index contributed by atoms with van der Waals surface area (Å²) in [5, 5.41) is 15.2. The monoisotopic (exact) mass is 377 g/mol. The predicted molar refractivity (Wildman–Crippen MR) is 112 cm³/mol. The first-order chi connectivity index (χ1) is 13.8. The van der Waals surface area contributed by atoms with Gasteiger partial charge in [-0.05, 0) is 62.0 Å². The van der Waals surface area contributed by atoms with E-state index in [1.807, 2.05) is 12.3 Å². The van der Waals surface area contributed by atoms with E-state index in [0.29, 0.717) is 13.1 Å². The van der Waals surface area contributed by atoms with E-state index in [1.165, 1.54) is 43.4 Å². The van der Waals surface area contributed by atoms with Crippen LogP contribution in [0.1, 0.15) is 42.5 Å². The van der Waals surface area contributed by atoms with Gasteiger partial charge >= 0.3 is 0 Å². The zero-order chi connectivity index (χ0) is 19.4. The summed E-state index contributed by atoms with van der Waals surface area (Å²) in [7, 11) is 0. The molecule has 2 aromatic rings. The second kappa shape index (κ2) is 11.6. The molecule has 28 heavy (non-hydrogen) atoms. The number of unbranched alkanes of at least 4 members (excludes halogenated alkanes) is 1. The van der Waals surface area contributed by atoms with Crippen molar-refractivity contribution in [3.05, 3.63) is 65.5 Å². The van der Waals surface area contributed by atoms with Gasteiger partial charge in [-0.3, -0.25) is 9.88 Å². The molecule has 1 heterocycles. The minimum atomic E-state index is 0.373. The molecule has 0 bridgehead atoms. The van der Waals surface area contributed by atoms with Crippen LogP contribution in [0, 0.1) is 11.3 Å². The summed E-state index contributed by atoms with van der Waals surface area (Å²) in [5.41, 5.74) is 3.64. The molecule has 5 heteroatoms. The van der Waals surface area contributed by atoms with Crippen LogP contribution in [0.4, 0.5) is 0 Å². The third-order valence-corrected chi connectivity index (χ3v) is 5.06. The Morgan fingerprint density at radius 3 is 2.68 bits per heavy atom. The standard InChI is InChI=1S/C23H31N5/c24-11-14-26-17-21-10-13-27-22(16-21)18-25-12-4-5-15-28(23-8-9-23)19-20-6-2-1-3-7-20/h1-3,6-7,10,13,16,23,25-26H,4-5,8-9,12,14-15,17-19H2. The quantitative estimate of drug-likeness (QED) is 0.414. The van der Waals surface area contributed by atoms with Crippen LogP contribution in [-0.4, -0.2) is 35.6 Å². The maximum Gasteiger partial charge on any atom is 0.0843 e. The van der Waals surface area contributed by atoms with Crippen molar-refractivity contribution in [1.29, 1.82) is 5.26 Å². The average molecular weight is 378 g/mol. The highest BCUT2D eigenvalue weighted by molar-refractivity contribution is 5.16. The lowest BCUT2D eigenvalue weighted by atomic mass is 10.2. The fourth-order valence-electron chi connectivity index (χ4n) is 3.43. The average Bonchev–Trinajstić information content (AvgIpc) is 3.56. The van der Waals surface area contributed by atoms with Crippen molar-refractivity contribution in [2.45, 2.75) is 51.4 Å². The van der Waals surface area contributed by atoms with E-state index < -0.39 is 0 Å². The minimum absolute atomic E-state index is 0.373. The fraction of sp³-hybridized carbons (Fsp3) is 0.478. The van der Waals surface area contributed by atoms with Gasteiger partial charge in [0.15, 0.2) is 0 Å². The molecular weight excluding hydrogens is 346 g/mol. The SMILES string of the molecule is N#CCNCc1ccnc(CNCCCCN(Cc2ccccc2)C2CC2)c1. The molecule has 0 radical (unpaired) electrons. The first-order valence-electron chi connectivity index (χ1n) is 10.4. The van der Waals surface area contributed by atoms with Gasteiger partial charge in [-0.15, -0.1) is 0 Å². The summed E-state index contributed by atoms with van der Waals surface area (Å²) in [6.45, 7) is 5.15. The Hall–Kier alpha value is -2.26. The smallest absolute Gasteiger partial charge is 0.0843 e. The molecule has 1 aliphatic carbocycles. The number of aromatic nitrogens is 1. The molecule has 0 saturated heterocycles. The van der Waals surface area contributed by atoms with E-state index in [4.69, 9.17) is 5.26 Å². The third kappa shape index (κ3) is 7.40. The number of hydrogen-bond acceptors (Lipinski definition) is 5. The van der Waals surface area contributed by atoms with Gasteiger partial charge < -0.3 is 10.6 Å². The van der Waals surface area contributed by atoms with Crippen LogP contribution in [0.5, 0.6) is 0 Å². The van der Waals surface area contributed by atoms with Gasteiger partial charge in [0.1, 0.15) is 0 Å². The lowest BCUT2D eigenvalue weighted by molar-refractivity contribution is 0.249. The minimum Gasteiger partial charge on any atom is -0.311 e. The second-order valence-corrected chi connectivity index (χ2v) is 7.49. The number of rotatable bonds is 13. The van der Waals surface area contributed by atoms with Crippen LogP contribution in [0.25, 0.3) is 0 Å². The van der Waals surface area contributed by atoms with Gasteiger partial charge in [0, 0.05) is 31.9 Å². The molecule has 148 valence electrons. The van der Waals surface area contributed by atoms with Crippen molar-refractivity contribution in [1.82, 2.24) is 20.5 Å². The maximum atomic E-state index is 8.59. The van der Waals surface area contributed by atoms with Crippen LogP contribution in [0.3, 0.4) is 0 Å². The molecule has 5 nitrogen and oxygen atoms in total. The van der Waals surface area contributed by atoms with Crippen molar-refractivity contribution in [3.8, 4) is 6.07 Å². The van der Waals surface area contributed by atoms with Gasteiger partial charge in [-0.25, -0.2) is 0 Å². The van der Waals surface area contributed by atoms with Crippen molar-refractivity contribution in [2.24, 2.45) is 0 Å². The fourth-order valence-corrected chi connectivity index (χ4v) is 3.43. The Kier molecular flexibility index (Phi) is 8.45.